The molecule has 0 aliphatic heterocycles. The second kappa shape index (κ2) is 10.8. The van der Waals surface area contributed by atoms with Crippen molar-refractivity contribution in [3.8, 4) is 5.75 Å². The Labute approximate surface area is 173 Å². The number of hydrogen-bond acceptors (Lipinski definition) is 8. The number of nitrogens with two attached hydrogens (primary N) is 2. The zero-order valence-electron chi connectivity index (χ0n) is 16.4. The number of rotatable bonds is 11. The lowest BCUT2D eigenvalue weighted by molar-refractivity contribution is -0.147. The van der Waals surface area contributed by atoms with Crippen LogP contribution in [0, 0.1) is 5.41 Å². The quantitative estimate of drug-likeness (QED) is 0.123. The summed E-state index contributed by atoms with van der Waals surface area (Å²) >= 11 is 0. The predicted molar refractivity (Wildman–Crippen MR) is 109 cm³/mol. The number of carbonyl (C=O) groups excluding carboxylic acids is 3. The summed E-state index contributed by atoms with van der Waals surface area (Å²) in [4.78, 5) is 36.5. The molecule has 5 N–H and O–H groups in total. The third-order valence-corrected chi connectivity index (χ3v) is 4.09. The molecular weight excluding hydrogens is 390 g/mol. The highest BCUT2D eigenvalue weighted by Crippen LogP contribution is 2.15. The van der Waals surface area contributed by atoms with Gasteiger partial charge in [0.25, 0.3) is 0 Å². The van der Waals surface area contributed by atoms with E-state index in [0.717, 1.165) is 0 Å². The van der Waals surface area contributed by atoms with Crippen LogP contribution in [0.4, 0.5) is 0 Å². The normalized spacial score (nSPS) is 11.4. The van der Waals surface area contributed by atoms with E-state index in [1.165, 1.54) is 55.6 Å². The largest absolute Gasteiger partial charge is 0.482 e. The molecule has 0 aliphatic carbocycles. The van der Waals surface area contributed by atoms with E-state index in [1.54, 1.807) is 0 Å². The van der Waals surface area contributed by atoms with Crippen molar-refractivity contribution in [2.75, 3.05) is 26.9 Å². The Kier molecular flexibility index (Phi) is 8.21. The van der Waals surface area contributed by atoms with Gasteiger partial charge < -0.3 is 25.7 Å². The van der Waals surface area contributed by atoms with Crippen LogP contribution in [0.5, 0.6) is 5.75 Å². The number of ketones is 2. The molecule has 9 nitrogen and oxygen atoms in total. The van der Waals surface area contributed by atoms with Gasteiger partial charge in [-0.05, 0) is 24.3 Å². The topological polar surface area (TPSA) is 155 Å². The molecule has 2 aromatic carbocycles. The Balaban J connectivity index is 1.95. The van der Waals surface area contributed by atoms with Crippen LogP contribution in [0.15, 0.2) is 48.5 Å². The van der Waals surface area contributed by atoms with E-state index in [9.17, 15) is 14.4 Å². The lowest BCUT2D eigenvalue weighted by Gasteiger charge is -2.11. The number of nitrogen functional groups attached to an aromatic ring is 1. The lowest BCUT2D eigenvalue weighted by Crippen LogP contribution is -2.38. The first-order chi connectivity index (χ1) is 14.3. The van der Waals surface area contributed by atoms with Gasteiger partial charge in [-0.1, -0.05) is 24.3 Å². The minimum Gasteiger partial charge on any atom is -0.482 e. The average Bonchev–Trinajstić information content (AvgIpc) is 2.76. The molecule has 0 bridgehead atoms. The van der Waals surface area contributed by atoms with Crippen LogP contribution in [0.1, 0.15) is 26.3 Å². The zero-order valence-corrected chi connectivity index (χ0v) is 16.4. The molecule has 1 unspecified atom stereocenters. The van der Waals surface area contributed by atoms with Crippen LogP contribution in [0.3, 0.4) is 0 Å². The summed E-state index contributed by atoms with van der Waals surface area (Å²) in [6.07, 6.45) is 0. The molecule has 0 amide bonds. The first kappa shape index (κ1) is 22.7. The summed E-state index contributed by atoms with van der Waals surface area (Å²) in [5, 5.41) is 7.36. The summed E-state index contributed by atoms with van der Waals surface area (Å²) < 4.78 is 14.9. The van der Waals surface area contributed by atoms with Gasteiger partial charge in [0.05, 0.1) is 6.61 Å². The monoisotopic (exact) mass is 413 g/mol. The molecule has 0 heterocycles. The van der Waals surface area contributed by atoms with Crippen molar-refractivity contribution in [3.63, 3.8) is 0 Å². The molecule has 158 valence electrons. The highest BCUT2D eigenvalue weighted by Gasteiger charge is 2.24. The van der Waals surface area contributed by atoms with E-state index >= 15 is 0 Å². The number of nitrogens with one attached hydrogen (secondary N) is 1. The smallest absolute Gasteiger partial charge is 0.344 e. The van der Waals surface area contributed by atoms with Gasteiger partial charge in [-0.3, -0.25) is 15.0 Å². The number of ether oxygens (including phenoxy) is 3. The van der Waals surface area contributed by atoms with Crippen LogP contribution in [0.25, 0.3) is 0 Å². The van der Waals surface area contributed by atoms with E-state index in [2.05, 4.69) is 0 Å². The molecule has 0 aromatic heterocycles. The summed E-state index contributed by atoms with van der Waals surface area (Å²) in [6, 6.07) is 10.5. The number of carbonyl (C=O) groups is 3. The van der Waals surface area contributed by atoms with E-state index in [0.29, 0.717) is 17.9 Å². The third-order valence-electron chi connectivity index (χ3n) is 4.09. The van der Waals surface area contributed by atoms with Crippen LogP contribution in [-0.2, 0) is 14.3 Å². The molecule has 2 rings (SSSR count). The maximum atomic E-state index is 12.5. The SMILES string of the molecule is COCCOC(=O)COc1ccc(C(=O)C(N)C(=O)c2ccc(C(=N)N)cc2)cc1. The first-order valence-electron chi connectivity index (χ1n) is 8.99. The molecule has 0 radical (unpaired) electrons. The maximum Gasteiger partial charge on any atom is 0.344 e. The molecule has 0 fully saturated rings. The number of amidine groups is 1. The van der Waals surface area contributed by atoms with Crippen molar-refractivity contribution < 1.29 is 28.6 Å². The molecular formula is C21H23N3O6. The predicted octanol–water partition coefficient (Wildman–Crippen LogP) is 0.932. The maximum absolute atomic E-state index is 12.5. The zero-order chi connectivity index (χ0) is 22.1. The van der Waals surface area contributed by atoms with Crippen molar-refractivity contribution in [2.24, 2.45) is 11.5 Å². The number of benzene rings is 2. The van der Waals surface area contributed by atoms with Crippen molar-refractivity contribution >= 4 is 23.4 Å². The number of Topliss-reactive ketones (excluding diaryl/α,β-unsaturated/α-hetero) is 2. The molecule has 0 spiro atoms. The van der Waals surface area contributed by atoms with Gasteiger partial charge in [-0.2, -0.15) is 0 Å². The van der Waals surface area contributed by atoms with E-state index < -0.39 is 23.6 Å². The second-order valence-electron chi connectivity index (χ2n) is 6.22. The molecule has 0 saturated heterocycles. The van der Waals surface area contributed by atoms with Crippen LogP contribution in [-0.4, -0.2) is 56.3 Å². The van der Waals surface area contributed by atoms with Crippen molar-refractivity contribution in [3.05, 3.63) is 65.2 Å². The third kappa shape index (κ3) is 6.23. The van der Waals surface area contributed by atoms with E-state index in [4.69, 9.17) is 31.1 Å². The van der Waals surface area contributed by atoms with Gasteiger partial charge in [-0.15, -0.1) is 0 Å². The fourth-order valence-corrected chi connectivity index (χ4v) is 2.43. The summed E-state index contributed by atoms with van der Waals surface area (Å²) in [6.45, 7) is 0.142. The standard InChI is InChI=1S/C21H23N3O6/c1-28-10-11-29-17(25)12-30-16-8-6-14(7-9-16)20(27)18(22)19(26)13-2-4-15(5-3-13)21(23)24/h2-9,18H,10-12,22H2,1H3,(H3,23,24). The fraction of sp³-hybridized carbons (Fsp3) is 0.238. The van der Waals surface area contributed by atoms with Crippen molar-refractivity contribution in [1.29, 1.82) is 5.41 Å². The van der Waals surface area contributed by atoms with Gasteiger partial charge in [-0.25, -0.2) is 4.79 Å². The fourth-order valence-electron chi connectivity index (χ4n) is 2.43. The van der Waals surface area contributed by atoms with Gasteiger partial charge >= 0.3 is 5.97 Å². The molecule has 9 heteroatoms. The van der Waals surface area contributed by atoms with Crippen molar-refractivity contribution in [1.82, 2.24) is 0 Å². The van der Waals surface area contributed by atoms with Crippen LogP contribution in [0.2, 0.25) is 0 Å². The molecule has 0 saturated carbocycles. The van der Waals surface area contributed by atoms with Gasteiger partial charge in [0, 0.05) is 23.8 Å². The Morgan fingerprint density at radius 1 is 0.900 bits per heavy atom. The number of esters is 1. The summed E-state index contributed by atoms with van der Waals surface area (Å²) in [5.74, 6) is -1.42. The van der Waals surface area contributed by atoms with Crippen molar-refractivity contribution in [2.45, 2.75) is 6.04 Å². The minimum atomic E-state index is -1.38. The molecule has 0 aliphatic rings. The average molecular weight is 413 g/mol. The Morgan fingerprint density at radius 3 is 1.90 bits per heavy atom. The summed E-state index contributed by atoms with van der Waals surface area (Å²) in [7, 11) is 1.50. The first-order valence-corrected chi connectivity index (χ1v) is 8.99. The van der Waals surface area contributed by atoms with E-state index in [1.807, 2.05) is 0 Å². The van der Waals surface area contributed by atoms with Gasteiger partial charge in [0.1, 0.15) is 24.2 Å². The van der Waals surface area contributed by atoms with Crippen LogP contribution >= 0.6 is 0 Å². The minimum absolute atomic E-state index is 0.125. The highest BCUT2D eigenvalue weighted by atomic mass is 16.6. The molecule has 1 atom stereocenters. The number of hydrogen-bond donors (Lipinski definition) is 3. The summed E-state index contributed by atoms with van der Waals surface area (Å²) in [5.41, 5.74) is 12.2. The Morgan fingerprint density at radius 2 is 1.40 bits per heavy atom. The Bertz CT molecular complexity index is 909. The lowest BCUT2D eigenvalue weighted by atomic mass is 9.96. The van der Waals surface area contributed by atoms with Crippen LogP contribution < -0.4 is 16.2 Å². The van der Waals surface area contributed by atoms with Gasteiger partial charge in [0.2, 0.25) is 0 Å². The van der Waals surface area contributed by atoms with E-state index in [-0.39, 0.29) is 30.2 Å². The molecule has 30 heavy (non-hydrogen) atoms. The highest BCUT2D eigenvalue weighted by molar-refractivity contribution is 6.19. The molecule has 2 aromatic rings. The van der Waals surface area contributed by atoms with Gasteiger partial charge in [0.15, 0.2) is 18.2 Å². The number of methoxy groups -OCH3 is 1. The Hall–Kier alpha value is -3.56. The second-order valence-corrected chi connectivity index (χ2v) is 6.22.